The zero-order chi connectivity index (χ0) is 26.5. The Morgan fingerprint density at radius 1 is 0.892 bits per heavy atom. The maximum atomic E-state index is 13.2. The third kappa shape index (κ3) is 5.68. The number of imide groups is 1. The Kier molecular flexibility index (Phi) is 8.57. The number of aliphatic hydroxyl groups excluding tert-OH is 1. The van der Waals surface area contributed by atoms with Gasteiger partial charge in [-0.05, 0) is 36.3 Å². The first-order valence-corrected chi connectivity index (χ1v) is 12.3. The van der Waals surface area contributed by atoms with Crippen LogP contribution in [0.4, 0.5) is 5.69 Å². The number of aliphatic hydroxyl groups is 1. The number of nitrogens with zero attached hydrogens (tertiary/aromatic N) is 3. The SMILES string of the molecule is CN(CCN(C)c1ccc2c3c(cccc13)C(=O)N(CCOCCO)C2=O)Cc1ccccc1B(O)O. The van der Waals surface area contributed by atoms with E-state index in [-0.39, 0.29) is 38.2 Å². The Bertz CT molecular complexity index is 1260. The van der Waals surface area contributed by atoms with E-state index in [9.17, 15) is 19.6 Å². The number of carbonyl (C=O) groups is 2. The second-order valence-corrected chi connectivity index (χ2v) is 9.19. The molecule has 0 unspecified atom stereocenters. The summed E-state index contributed by atoms with van der Waals surface area (Å²) in [6.45, 7) is 2.27. The Morgan fingerprint density at radius 2 is 1.62 bits per heavy atom. The van der Waals surface area contributed by atoms with Crippen LogP contribution < -0.4 is 10.4 Å². The summed E-state index contributed by atoms with van der Waals surface area (Å²) in [6, 6.07) is 16.4. The number of rotatable bonds is 12. The largest absolute Gasteiger partial charge is 0.488 e. The van der Waals surface area contributed by atoms with Gasteiger partial charge in [0.1, 0.15) is 0 Å². The summed E-state index contributed by atoms with van der Waals surface area (Å²) in [5, 5.41) is 29.6. The Balaban J connectivity index is 1.50. The summed E-state index contributed by atoms with van der Waals surface area (Å²) < 4.78 is 5.26. The molecule has 0 aromatic heterocycles. The fraction of sp³-hybridized carbons (Fsp3) is 0.333. The second-order valence-electron chi connectivity index (χ2n) is 9.19. The molecule has 2 amide bonds. The van der Waals surface area contributed by atoms with Gasteiger partial charge in [0.05, 0.1) is 26.4 Å². The lowest BCUT2D eigenvalue weighted by Gasteiger charge is -2.30. The lowest BCUT2D eigenvalue weighted by molar-refractivity contribution is 0.0478. The van der Waals surface area contributed by atoms with Crippen molar-refractivity contribution >= 4 is 40.9 Å². The van der Waals surface area contributed by atoms with Gasteiger partial charge >= 0.3 is 7.12 Å². The van der Waals surface area contributed by atoms with Crippen LogP contribution in [0.5, 0.6) is 0 Å². The van der Waals surface area contributed by atoms with Gasteiger partial charge in [0.15, 0.2) is 0 Å². The molecule has 0 radical (unpaired) electrons. The number of ether oxygens (including phenoxy) is 1. The Labute approximate surface area is 216 Å². The van der Waals surface area contributed by atoms with Crippen molar-refractivity contribution < 1.29 is 29.5 Å². The van der Waals surface area contributed by atoms with Crippen LogP contribution in [-0.4, -0.2) is 97.4 Å². The topological polar surface area (TPSA) is 114 Å². The molecule has 0 bridgehead atoms. The molecule has 0 saturated heterocycles. The van der Waals surface area contributed by atoms with Crippen molar-refractivity contribution in [2.45, 2.75) is 6.54 Å². The third-order valence-corrected chi connectivity index (χ3v) is 6.67. The van der Waals surface area contributed by atoms with Gasteiger partial charge in [-0.2, -0.15) is 0 Å². The molecule has 0 spiro atoms. The van der Waals surface area contributed by atoms with Gasteiger partial charge in [0, 0.05) is 54.3 Å². The summed E-state index contributed by atoms with van der Waals surface area (Å²) in [6.07, 6.45) is 0. The van der Waals surface area contributed by atoms with E-state index in [2.05, 4.69) is 9.80 Å². The predicted molar refractivity (Wildman–Crippen MR) is 143 cm³/mol. The highest BCUT2D eigenvalue weighted by Gasteiger charge is 2.33. The van der Waals surface area contributed by atoms with Gasteiger partial charge in [-0.15, -0.1) is 0 Å². The van der Waals surface area contributed by atoms with E-state index in [1.54, 1.807) is 24.3 Å². The molecule has 4 rings (SSSR count). The molecule has 194 valence electrons. The average Bonchev–Trinajstić information content (AvgIpc) is 2.89. The average molecular weight is 505 g/mol. The van der Waals surface area contributed by atoms with Crippen LogP contribution >= 0.6 is 0 Å². The van der Waals surface area contributed by atoms with Gasteiger partial charge in [-0.25, -0.2) is 0 Å². The summed E-state index contributed by atoms with van der Waals surface area (Å²) >= 11 is 0. The van der Waals surface area contributed by atoms with Crippen molar-refractivity contribution in [3.63, 3.8) is 0 Å². The standard InChI is InChI=1S/C27H32BN3O6/c1-29(18-19-6-3-4-9-23(19)28(35)36)12-13-30(2)24-11-10-22-25-20(24)7-5-8-21(25)26(33)31(27(22)34)14-16-37-17-15-32/h3-11,32,35-36H,12-18H2,1-2H3. The molecule has 0 saturated carbocycles. The van der Waals surface area contributed by atoms with E-state index < -0.39 is 7.12 Å². The number of hydrogen-bond acceptors (Lipinski definition) is 8. The smallest absolute Gasteiger partial charge is 0.423 e. The molecule has 1 aliphatic heterocycles. The molecule has 3 N–H and O–H groups in total. The van der Waals surface area contributed by atoms with Gasteiger partial charge in [-0.3, -0.25) is 14.5 Å². The normalized spacial score (nSPS) is 13.1. The number of carbonyl (C=O) groups excluding carboxylic acids is 2. The maximum Gasteiger partial charge on any atom is 0.488 e. The molecular formula is C27H32BN3O6. The van der Waals surface area contributed by atoms with Gasteiger partial charge in [-0.1, -0.05) is 36.4 Å². The second kappa shape index (κ2) is 11.8. The van der Waals surface area contributed by atoms with Crippen LogP contribution in [-0.2, 0) is 11.3 Å². The minimum absolute atomic E-state index is 0.116. The lowest BCUT2D eigenvalue weighted by Crippen LogP contribution is -2.42. The highest BCUT2D eigenvalue weighted by Crippen LogP contribution is 2.35. The molecule has 0 fully saturated rings. The molecule has 3 aromatic rings. The highest BCUT2D eigenvalue weighted by atomic mass is 16.5. The Morgan fingerprint density at radius 3 is 2.35 bits per heavy atom. The number of hydrogen-bond donors (Lipinski definition) is 3. The minimum Gasteiger partial charge on any atom is -0.423 e. The zero-order valence-corrected chi connectivity index (χ0v) is 21.1. The van der Waals surface area contributed by atoms with Crippen molar-refractivity contribution in [2.75, 3.05) is 58.5 Å². The van der Waals surface area contributed by atoms with E-state index in [1.807, 2.05) is 44.4 Å². The number of likely N-dealkylation sites (N-methyl/N-ethyl adjacent to an activating group) is 2. The summed E-state index contributed by atoms with van der Waals surface area (Å²) in [5.41, 5.74) is 3.24. The Hall–Kier alpha value is -3.28. The first-order chi connectivity index (χ1) is 17.8. The van der Waals surface area contributed by atoms with E-state index in [0.29, 0.717) is 41.6 Å². The van der Waals surface area contributed by atoms with E-state index >= 15 is 0 Å². The van der Waals surface area contributed by atoms with Crippen LogP contribution in [0.2, 0.25) is 0 Å². The fourth-order valence-corrected chi connectivity index (χ4v) is 4.73. The number of amides is 2. The molecule has 37 heavy (non-hydrogen) atoms. The summed E-state index contributed by atoms with van der Waals surface area (Å²) in [4.78, 5) is 31.7. The minimum atomic E-state index is -1.51. The molecule has 1 aliphatic rings. The van der Waals surface area contributed by atoms with Crippen molar-refractivity contribution in [3.8, 4) is 0 Å². The molecule has 3 aromatic carbocycles. The molecule has 9 nitrogen and oxygen atoms in total. The van der Waals surface area contributed by atoms with Crippen LogP contribution in [0, 0.1) is 0 Å². The third-order valence-electron chi connectivity index (χ3n) is 6.67. The fourth-order valence-electron chi connectivity index (χ4n) is 4.73. The van der Waals surface area contributed by atoms with Crippen LogP contribution in [0.1, 0.15) is 26.3 Å². The molecule has 10 heteroatoms. The van der Waals surface area contributed by atoms with E-state index in [4.69, 9.17) is 9.84 Å². The van der Waals surface area contributed by atoms with Crippen molar-refractivity contribution in [1.82, 2.24) is 9.80 Å². The van der Waals surface area contributed by atoms with Gasteiger partial charge < -0.3 is 29.7 Å². The van der Waals surface area contributed by atoms with Crippen LogP contribution in [0.15, 0.2) is 54.6 Å². The summed E-state index contributed by atoms with van der Waals surface area (Å²) in [7, 11) is 2.43. The summed E-state index contributed by atoms with van der Waals surface area (Å²) in [5.74, 6) is -0.694. The van der Waals surface area contributed by atoms with Crippen molar-refractivity contribution in [2.24, 2.45) is 0 Å². The molecule has 0 atom stereocenters. The molecule has 0 aliphatic carbocycles. The first-order valence-electron chi connectivity index (χ1n) is 12.3. The first kappa shape index (κ1) is 26.8. The maximum absolute atomic E-state index is 13.2. The number of benzene rings is 3. The quantitative estimate of drug-likeness (QED) is 0.187. The molecule has 1 heterocycles. The van der Waals surface area contributed by atoms with Gasteiger partial charge in [0.25, 0.3) is 11.8 Å². The van der Waals surface area contributed by atoms with E-state index in [1.165, 1.54) is 4.90 Å². The van der Waals surface area contributed by atoms with Crippen LogP contribution in [0.25, 0.3) is 10.8 Å². The number of anilines is 1. The van der Waals surface area contributed by atoms with Crippen molar-refractivity contribution in [3.05, 3.63) is 71.3 Å². The zero-order valence-electron chi connectivity index (χ0n) is 21.1. The lowest BCUT2D eigenvalue weighted by atomic mass is 9.77. The monoisotopic (exact) mass is 505 g/mol. The highest BCUT2D eigenvalue weighted by molar-refractivity contribution is 6.59. The molecular weight excluding hydrogens is 473 g/mol. The predicted octanol–water partition coefficient (Wildman–Crippen LogP) is 0.693. The van der Waals surface area contributed by atoms with Gasteiger partial charge in [0.2, 0.25) is 0 Å². The van der Waals surface area contributed by atoms with E-state index in [0.717, 1.165) is 16.6 Å². The van der Waals surface area contributed by atoms with Crippen molar-refractivity contribution in [1.29, 1.82) is 0 Å². The van der Waals surface area contributed by atoms with Crippen LogP contribution in [0.3, 0.4) is 0 Å².